The number of anilines is 1. The molecular weight excluding hydrogens is 492 g/mol. The van der Waals surface area contributed by atoms with Gasteiger partial charge in [-0.05, 0) is 86.3 Å². The monoisotopic (exact) mass is 518 g/mol. The van der Waals surface area contributed by atoms with Crippen LogP contribution in [-0.2, 0) is 9.59 Å². The van der Waals surface area contributed by atoms with Crippen LogP contribution in [0.4, 0.5) is 5.69 Å². The number of aryl methyl sites for hydroxylation is 1. The van der Waals surface area contributed by atoms with E-state index in [0.717, 1.165) is 27.6 Å². The lowest BCUT2D eigenvalue weighted by Gasteiger charge is -2.37. The van der Waals surface area contributed by atoms with Gasteiger partial charge in [0.05, 0.1) is 11.8 Å². The summed E-state index contributed by atoms with van der Waals surface area (Å²) in [6, 6.07) is 11.2. The quantitative estimate of drug-likeness (QED) is 0.421. The van der Waals surface area contributed by atoms with E-state index in [1.807, 2.05) is 45.0 Å². The first kappa shape index (κ1) is 21.8. The molecule has 1 aliphatic heterocycles. The van der Waals surface area contributed by atoms with Gasteiger partial charge in [-0.25, -0.2) is 0 Å². The fourth-order valence-electron chi connectivity index (χ4n) is 6.47. The van der Waals surface area contributed by atoms with Crippen LogP contribution in [0.5, 0.6) is 0 Å². The van der Waals surface area contributed by atoms with Crippen molar-refractivity contribution in [1.82, 2.24) is 4.90 Å². The topological polar surface area (TPSA) is 57.7 Å². The molecule has 2 aromatic rings. The summed E-state index contributed by atoms with van der Waals surface area (Å²) in [5.41, 5.74) is 4.27. The van der Waals surface area contributed by atoms with Gasteiger partial charge in [0.2, 0.25) is 11.8 Å². The number of benzene rings is 2. The molecule has 6 unspecified atom stereocenters. The smallest absolute Gasteiger partial charge is 0.259 e. The van der Waals surface area contributed by atoms with Gasteiger partial charge in [0, 0.05) is 15.7 Å². The van der Waals surface area contributed by atoms with Crippen molar-refractivity contribution in [2.75, 3.05) is 11.6 Å². The van der Waals surface area contributed by atoms with Crippen molar-refractivity contribution >= 4 is 39.3 Å². The minimum Gasteiger partial charge on any atom is -0.289 e. The lowest BCUT2D eigenvalue weighted by atomic mass is 9.63. The highest BCUT2D eigenvalue weighted by atomic mass is 79.9. The largest absolute Gasteiger partial charge is 0.289 e. The first-order valence-corrected chi connectivity index (χ1v) is 12.7. The van der Waals surface area contributed by atoms with E-state index in [1.54, 1.807) is 17.0 Å². The number of carbonyl (C=O) groups is 3. The van der Waals surface area contributed by atoms with Gasteiger partial charge >= 0.3 is 0 Å². The van der Waals surface area contributed by atoms with E-state index < -0.39 is 0 Å². The maximum Gasteiger partial charge on any atom is 0.259 e. The number of hydrogen-bond acceptors (Lipinski definition) is 3. The van der Waals surface area contributed by atoms with Crippen molar-refractivity contribution in [3.63, 3.8) is 0 Å². The van der Waals surface area contributed by atoms with Gasteiger partial charge in [-0.1, -0.05) is 45.8 Å². The zero-order valence-electron chi connectivity index (χ0n) is 19.5. The van der Waals surface area contributed by atoms with E-state index >= 15 is 0 Å². The SMILES string of the molecule is Cc1ccc(C(=O)N(CN2C(=O)C3C4C=CC(C5CC45)C3C2=O)c2ccc(Br)c(C)c2C)cc1. The van der Waals surface area contributed by atoms with E-state index in [4.69, 9.17) is 0 Å². The van der Waals surface area contributed by atoms with Crippen molar-refractivity contribution in [3.05, 3.63) is 75.3 Å². The van der Waals surface area contributed by atoms with Gasteiger partial charge in [0.25, 0.3) is 5.91 Å². The van der Waals surface area contributed by atoms with Gasteiger partial charge in [-0.2, -0.15) is 0 Å². The Morgan fingerprint density at radius 2 is 1.50 bits per heavy atom. The predicted molar refractivity (Wildman–Crippen MR) is 133 cm³/mol. The average molecular weight is 519 g/mol. The molecule has 5 nitrogen and oxygen atoms in total. The van der Waals surface area contributed by atoms with Gasteiger partial charge in [0.15, 0.2) is 0 Å². The van der Waals surface area contributed by atoms with Crippen LogP contribution in [0.3, 0.4) is 0 Å². The van der Waals surface area contributed by atoms with Crippen LogP contribution in [0, 0.1) is 56.3 Å². The number of likely N-dealkylation sites (tertiary alicyclic amines) is 1. The number of carbonyl (C=O) groups excluding carboxylic acids is 3. The maximum atomic E-state index is 13.8. The third-order valence-electron chi connectivity index (χ3n) is 8.56. The van der Waals surface area contributed by atoms with Crippen molar-refractivity contribution < 1.29 is 14.4 Å². The number of rotatable bonds is 4. The number of amides is 3. The molecule has 7 rings (SSSR count). The standard InChI is InChI=1S/C28H27BrN2O3/c1-14-4-6-17(7-5-14)26(32)30(23-11-10-22(29)15(2)16(23)3)13-31-27(33)24-18-8-9-19(21-12-20(18)21)25(24)28(31)34/h4-11,18-21,24-25H,12-13H2,1-3H3. The van der Waals surface area contributed by atoms with Gasteiger partial charge in [-0.3, -0.25) is 24.2 Å². The lowest BCUT2D eigenvalue weighted by Crippen LogP contribution is -2.45. The number of nitrogens with zero attached hydrogens (tertiary/aromatic N) is 2. The molecule has 2 saturated carbocycles. The zero-order chi connectivity index (χ0) is 23.9. The molecule has 0 radical (unpaired) electrons. The van der Waals surface area contributed by atoms with Crippen molar-refractivity contribution in [3.8, 4) is 0 Å². The van der Waals surface area contributed by atoms with Gasteiger partial charge in [0.1, 0.15) is 6.67 Å². The van der Waals surface area contributed by atoms with E-state index in [2.05, 4.69) is 28.1 Å². The average Bonchev–Trinajstić information content (AvgIpc) is 3.62. The Balaban J connectivity index is 1.38. The summed E-state index contributed by atoms with van der Waals surface area (Å²) in [7, 11) is 0. The summed E-state index contributed by atoms with van der Waals surface area (Å²) in [5, 5.41) is 0. The van der Waals surface area contributed by atoms with E-state index in [1.165, 1.54) is 4.90 Å². The first-order chi connectivity index (χ1) is 16.3. The Hall–Kier alpha value is -2.73. The highest BCUT2D eigenvalue weighted by Crippen LogP contribution is 2.65. The molecule has 0 N–H and O–H groups in total. The third-order valence-corrected chi connectivity index (χ3v) is 9.42. The van der Waals surface area contributed by atoms with Crippen LogP contribution < -0.4 is 4.90 Å². The van der Waals surface area contributed by atoms with E-state index in [0.29, 0.717) is 23.1 Å². The van der Waals surface area contributed by atoms with Crippen LogP contribution in [0.2, 0.25) is 0 Å². The molecule has 174 valence electrons. The molecular formula is C28H27BrN2O3. The molecule has 6 heteroatoms. The molecule has 2 bridgehead atoms. The Morgan fingerprint density at radius 1 is 0.912 bits per heavy atom. The van der Waals surface area contributed by atoms with Gasteiger partial charge < -0.3 is 0 Å². The molecule has 2 aromatic carbocycles. The Kier molecular flexibility index (Phi) is 4.89. The first-order valence-electron chi connectivity index (χ1n) is 12.0. The normalized spacial score (nSPS) is 30.4. The highest BCUT2D eigenvalue weighted by Gasteiger charge is 2.67. The minimum atomic E-state index is -0.268. The lowest BCUT2D eigenvalue weighted by molar-refractivity contribution is -0.140. The summed E-state index contributed by atoms with van der Waals surface area (Å²) in [6.07, 6.45) is 5.48. The van der Waals surface area contributed by atoms with Crippen LogP contribution >= 0.6 is 15.9 Å². The third kappa shape index (κ3) is 3.07. The minimum absolute atomic E-state index is 0.0614. The molecule has 0 aromatic heterocycles. The Morgan fingerprint density at radius 3 is 2.09 bits per heavy atom. The molecule has 0 spiro atoms. The summed E-state index contributed by atoms with van der Waals surface area (Å²) < 4.78 is 0.956. The number of allylic oxidation sites excluding steroid dienone is 2. The van der Waals surface area contributed by atoms with Gasteiger partial charge in [-0.15, -0.1) is 0 Å². The van der Waals surface area contributed by atoms with Crippen molar-refractivity contribution in [2.24, 2.45) is 35.5 Å². The van der Waals surface area contributed by atoms with Crippen LogP contribution in [-0.4, -0.2) is 29.3 Å². The summed E-state index contributed by atoms with van der Waals surface area (Å²) >= 11 is 3.57. The summed E-state index contributed by atoms with van der Waals surface area (Å²) in [6.45, 7) is 5.88. The second-order valence-electron chi connectivity index (χ2n) is 10.3. The summed E-state index contributed by atoms with van der Waals surface area (Å²) in [5.74, 6) is 0.443. The molecule has 1 heterocycles. The molecule has 3 amide bonds. The molecule has 3 fully saturated rings. The highest BCUT2D eigenvalue weighted by molar-refractivity contribution is 9.10. The molecule has 5 aliphatic rings. The summed E-state index contributed by atoms with van der Waals surface area (Å²) in [4.78, 5) is 43.9. The van der Waals surface area contributed by atoms with Crippen LogP contribution in [0.15, 0.2) is 53.0 Å². The number of hydrogen-bond donors (Lipinski definition) is 0. The molecule has 4 aliphatic carbocycles. The fraction of sp³-hybridized carbons (Fsp3) is 0.393. The molecule has 34 heavy (non-hydrogen) atoms. The number of halogens is 1. The van der Waals surface area contributed by atoms with Crippen molar-refractivity contribution in [1.29, 1.82) is 0 Å². The maximum absolute atomic E-state index is 13.8. The molecule has 6 atom stereocenters. The predicted octanol–water partition coefficient (Wildman–Crippen LogP) is 5.03. The second kappa shape index (κ2) is 7.64. The van der Waals surface area contributed by atoms with Crippen molar-refractivity contribution in [2.45, 2.75) is 27.2 Å². The number of imide groups is 1. The van der Waals surface area contributed by atoms with Crippen LogP contribution in [0.25, 0.3) is 0 Å². The van der Waals surface area contributed by atoms with Crippen LogP contribution in [0.1, 0.15) is 33.5 Å². The second-order valence-corrected chi connectivity index (χ2v) is 11.2. The van der Waals surface area contributed by atoms with E-state index in [-0.39, 0.29) is 48.1 Å². The Labute approximate surface area is 207 Å². The van der Waals surface area contributed by atoms with E-state index in [9.17, 15) is 14.4 Å². The molecule has 1 saturated heterocycles. The fourth-order valence-corrected chi connectivity index (χ4v) is 6.90. The zero-order valence-corrected chi connectivity index (χ0v) is 21.1. The Bertz CT molecular complexity index is 1230.